The molecule has 0 fully saturated rings. The summed E-state index contributed by atoms with van der Waals surface area (Å²) in [4.78, 5) is 26.5. The summed E-state index contributed by atoms with van der Waals surface area (Å²) in [5.74, 6) is -0.799. The van der Waals surface area contributed by atoms with Crippen LogP contribution in [0.2, 0.25) is 0 Å². The monoisotopic (exact) mass is 409 g/mol. The maximum absolute atomic E-state index is 12.6. The van der Waals surface area contributed by atoms with Crippen molar-refractivity contribution in [3.05, 3.63) is 77.4 Å². The fourth-order valence-electron chi connectivity index (χ4n) is 2.97. The van der Waals surface area contributed by atoms with Crippen molar-refractivity contribution in [3.8, 4) is 5.75 Å². The molecule has 1 aliphatic heterocycles. The maximum atomic E-state index is 12.6. The second-order valence-corrected chi connectivity index (χ2v) is 6.45. The Bertz CT molecular complexity index is 1050. The normalized spacial score (nSPS) is 13.3. The van der Waals surface area contributed by atoms with Crippen LogP contribution in [-0.2, 0) is 32.7 Å². The molecule has 0 N–H and O–H groups in total. The first-order chi connectivity index (χ1) is 14.5. The number of ether oxygens (including phenoxy) is 3. The molecule has 0 spiro atoms. The van der Waals surface area contributed by atoms with Crippen LogP contribution >= 0.6 is 0 Å². The highest BCUT2D eigenvalue weighted by Gasteiger charge is 2.28. The minimum absolute atomic E-state index is 0.0305. The standard InChI is InChI=1S/C22H23N3O5/c1-15-16(13-23-24(15)2)14-30-19-11-6-5-10-18(19)25-12-8-7-9-17(21(26)28-3)20(25)22(27)29-4/h5-13H,14H2,1-4H3. The van der Waals surface area contributed by atoms with Gasteiger partial charge in [-0.25, -0.2) is 9.59 Å². The number of nitrogens with zero attached hydrogens (tertiary/aromatic N) is 3. The smallest absolute Gasteiger partial charge is 0.355 e. The van der Waals surface area contributed by atoms with Gasteiger partial charge in [-0.05, 0) is 31.2 Å². The molecule has 1 aromatic heterocycles. The molecular weight excluding hydrogens is 386 g/mol. The second kappa shape index (κ2) is 9.13. The van der Waals surface area contributed by atoms with Crippen molar-refractivity contribution in [1.82, 2.24) is 9.78 Å². The molecule has 2 heterocycles. The molecule has 1 aliphatic rings. The molecular formula is C22H23N3O5. The van der Waals surface area contributed by atoms with Crippen molar-refractivity contribution < 1.29 is 23.8 Å². The van der Waals surface area contributed by atoms with Gasteiger partial charge in [0.25, 0.3) is 0 Å². The summed E-state index contributed by atoms with van der Waals surface area (Å²) in [7, 11) is 4.38. The third kappa shape index (κ3) is 4.12. The molecule has 0 unspecified atom stereocenters. The highest BCUT2D eigenvalue weighted by molar-refractivity contribution is 6.05. The summed E-state index contributed by atoms with van der Waals surface area (Å²) in [6.45, 7) is 2.26. The van der Waals surface area contributed by atoms with Crippen molar-refractivity contribution in [1.29, 1.82) is 0 Å². The molecule has 0 amide bonds. The van der Waals surface area contributed by atoms with Crippen LogP contribution < -0.4 is 9.64 Å². The van der Waals surface area contributed by atoms with Gasteiger partial charge in [-0.3, -0.25) is 4.68 Å². The first-order valence-electron chi connectivity index (χ1n) is 9.22. The molecule has 30 heavy (non-hydrogen) atoms. The third-order valence-corrected chi connectivity index (χ3v) is 4.73. The van der Waals surface area contributed by atoms with Crippen molar-refractivity contribution in [2.75, 3.05) is 19.1 Å². The minimum Gasteiger partial charge on any atom is -0.487 e. The summed E-state index contributed by atoms with van der Waals surface area (Å²) < 4.78 is 17.6. The fraction of sp³-hybridized carbons (Fsp3) is 0.227. The van der Waals surface area contributed by atoms with Gasteiger partial charge in [0.15, 0.2) is 0 Å². The second-order valence-electron chi connectivity index (χ2n) is 6.45. The van der Waals surface area contributed by atoms with Crippen LogP contribution in [0.15, 0.2) is 66.2 Å². The van der Waals surface area contributed by atoms with Crippen molar-refractivity contribution in [2.24, 2.45) is 7.05 Å². The van der Waals surface area contributed by atoms with Crippen LogP contribution in [0.4, 0.5) is 5.69 Å². The number of hydrogen-bond acceptors (Lipinski definition) is 7. The molecule has 0 saturated carbocycles. The molecule has 0 bridgehead atoms. The van der Waals surface area contributed by atoms with Crippen molar-refractivity contribution in [3.63, 3.8) is 0 Å². The number of aromatic nitrogens is 2. The molecule has 1 aromatic carbocycles. The summed E-state index contributed by atoms with van der Waals surface area (Å²) in [6, 6.07) is 7.23. The minimum atomic E-state index is -0.676. The predicted molar refractivity (Wildman–Crippen MR) is 111 cm³/mol. The number of esters is 2. The quantitative estimate of drug-likeness (QED) is 0.679. The highest BCUT2D eigenvalue weighted by atomic mass is 16.5. The van der Waals surface area contributed by atoms with Crippen molar-refractivity contribution in [2.45, 2.75) is 13.5 Å². The third-order valence-electron chi connectivity index (χ3n) is 4.73. The molecule has 2 aromatic rings. The Hall–Kier alpha value is -3.81. The molecule has 3 rings (SSSR count). The first-order valence-corrected chi connectivity index (χ1v) is 9.22. The molecule has 0 atom stereocenters. The van der Waals surface area contributed by atoms with Crippen LogP contribution in [0, 0.1) is 6.92 Å². The van der Waals surface area contributed by atoms with Gasteiger partial charge >= 0.3 is 11.9 Å². The molecule has 0 radical (unpaired) electrons. The zero-order chi connectivity index (χ0) is 21.7. The van der Waals surface area contributed by atoms with Gasteiger partial charge in [0.05, 0.1) is 31.7 Å². The Labute approximate surface area is 174 Å². The van der Waals surface area contributed by atoms with Gasteiger partial charge in [0.2, 0.25) is 0 Å². The van der Waals surface area contributed by atoms with E-state index in [0.717, 1.165) is 11.3 Å². The van der Waals surface area contributed by atoms with Crippen LogP contribution in [0.5, 0.6) is 5.75 Å². The molecule has 156 valence electrons. The highest BCUT2D eigenvalue weighted by Crippen LogP contribution is 2.34. The van der Waals surface area contributed by atoms with E-state index in [0.29, 0.717) is 18.0 Å². The van der Waals surface area contributed by atoms with E-state index in [9.17, 15) is 9.59 Å². The van der Waals surface area contributed by atoms with E-state index < -0.39 is 11.9 Å². The molecule has 0 saturated heterocycles. The van der Waals surface area contributed by atoms with Gasteiger partial charge in [0.1, 0.15) is 18.1 Å². The summed E-state index contributed by atoms with van der Waals surface area (Å²) in [6.07, 6.45) is 8.29. The Morgan fingerprint density at radius 2 is 1.80 bits per heavy atom. The number of carbonyl (C=O) groups is 2. The number of para-hydroxylation sites is 2. The number of hydrogen-bond donors (Lipinski definition) is 0. The van der Waals surface area contributed by atoms with Crippen LogP contribution in [-0.4, -0.2) is 35.9 Å². The van der Waals surface area contributed by atoms with E-state index in [1.165, 1.54) is 20.3 Å². The SMILES string of the molecule is COC(=O)C1=C(C(=O)OC)N(c2ccccc2OCc2cnn(C)c2C)C=CC=C1. The number of anilines is 1. The number of aryl methyl sites for hydroxylation is 1. The van der Waals surface area contributed by atoms with Gasteiger partial charge < -0.3 is 19.1 Å². The number of methoxy groups -OCH3 is 2. The number of carbonyl (C=O) groups excluding carboxylic acids is 2. The van der Waals surface area contributed by atoms with Gasteiger partial charge in [-0.1, -0.05) is 18.2 Å². The molecule has 8 heteroatoms. The van der Waals surface area contributed by atoms with E-state index in [1.54, 1.807) is 46.3 Å². The zero-order valence-electron chi connectivity index (χ0n) is 17.3. The summed E-state index contributed by atoms with van der Waals surface area (Å²) in [5.41, 5.74) is 2.62. The lowest BCUT2D eigenvalue weighted by atomic mass is 10.1. The Morgan fingerprint density at radius 3 is 2.47 bits per heavy atom. The first kappa shape index (κ1) is 20.9. The van der Waals surface area contributed by atoms with Gasteiger partial charge in [-0.15, -0.1) is 0 Å². The van der Waals surface area contributed by atoms with Crippen LogP contribution in [0.3, 0.4) is 0 Å². The predicted octanol–water partition coefficient (Wildman–Crippen LogP) is 2.80. The number of allylic oxidation sites excluding steroid dienone is 2. The van der Waals surface area contributed by atoms with E-state index in [2.05, 4.69) is 5.10 Å². The fourth-order valence-corrected chi connectivity index (χ4v) is 2.97. The number of rotatable bonds is 6. The summed E-state index contributed by atoms with van der Waals surface area (Å²) >= 11 is 0. The Kier molecular flexibility index (Phi) is 6.36. The number of benzene rings is 1. The zero-order valence-corrected chi connectivity index (χ0v) is 17.3. The lowest BCUT2D eigenvalue weighted by molar-refractivity contribution is -0.139. The Morgan fingerprint density at radius 1 is 1.07 bits per heavy atom. The average Bonchev–Trinajstić information content (AvgIpc) is 2.96. The topological polar surface area (TPSA) is 82.9 Å². The lowest BCUT2D eigenvalue weighted by Gasteiger charge is -2.25. The average molecular weight is 409 g/mol. The van der Waals surface area contributed by atoms with E-state index in [1.807, 2.05) is 26.1 Å². The van der Waals surface area contributed by atoms with Crippen LogP contribution in [0.1, 0.15) is 11.3 Å². The van der Waals surface area contributed by atoms with E-state index in [4.69, 9.17) is 14.2 Å². The maximum Gasteiger partial charge on any atom is 0.355 e. The van der Waals surface area contributed by atoms with Gasteiger partial charge in [0, 0.05) is 24.5 Å². The van der Waals surface area contributed by atoms with Crippen molar-refractivity contribution >= 4 is 17.6 Å². The van der Waals surface area contributed by atoms with Gasteiger partial charge in [-0.2, -0.15) is 5.10 Å². The molecule has 0 aliphatic carbocycles. The van der Waals surface area contributed by atoms with E-state index in [-0.39, 0.29) is 11.3 Å². The van der Waals surface area contributed by atoms with E-state index >= 15 is 0 Å². The lowest BCUT2D eigenvalue weighted by Crippen LogP contribution is -2.27. The summed E-state index contributed by atoms with van der Waals surface area (Å²) in [5, 5.41) is 4.22. The van der Waals surface area contributed by atoms with Crippen LogP contribution in [0.25, 0.3) is 0 Å². The molecule has 8 nitrogen and oxygen atoms in total. The Balaban J connectivity index is 2.03. The largest absolute Gasteiger partial charge is 0.487 e.